The minimum Gasteiger partial charge on any atom is -0.314 e. The molecule has 2 saturated heterocycles. The Kier molecular flexibility index (Phi) is 4.48. The molecule has 1 N–H and O–H groups in total. The van der Waals surface area contributed by atoms with Crippen LogP contribution in [0.4, 0.5) is 0 Å². The van der Waals surface area contributed by atoms with Gasteiger partial charge in [-0.2, -0.15) is 0 Å². The van der Waals surface area contributed by atoms with Crippen LogP contribution in [0.3, 0.4) is 0 Å². The van der Waals surface area contributed by atoms with Crippen LogP contribution in [-0.4, -0.2) is 37.1 Å². The van der Waals surface area contributed by atoms with Gasteiger partial charge in [0.2, 0.25) is 0 Å². The second-order valence-electron chi connectivity index (χ2n) is 4.73. The molecule has 0 aromatic heterocycles. The number of halogens is 1. The monoisotopic (exact) mass is 228 g/mol. The van der Waals surface area contributed by atoms with E-state index in [1.807, 2.05) is 6.08 Å². The van der Waals surface area contributed by atoms with E-state index < -0.39 is 0 Å². The van der Waals surface area contributed by atoms with E-state index in [1.54, 1.807) is 5.54 Å². The fraction of sp³-hybridized carbons (Fsp3) is 0.833. The highest BCUT2D eigenvalue weighted by atomic mass is 35.5. The van der Waals surface area contributed by atoms with Crippen LogP contribution >= 0.6 is 11.6 Å². The Morgan fingerprint density at radius 3 is 3.00 bits per heavy atom. The molecule has 3 heteroatoms. The molecule has 0 bridgehead atoms. The molecule has 2 atom stereocenters. The molecular formula is C12H21ClN2. The van der Waals surface area contributed by atoms with Gasteiger partial charge < -0.3 is 5.32 Å². The van der Waals surface area contributed by atoms with Gasteiger partial charge in [-0.25, -0.2) is 0 Å². The largest absolute Gasteiger partial charge is 0.314 e. The first-order chi connectivity index (χ1) is 7.40. The highest BCUT2D eigenvalue weighted by Crippen LogP contribution is 2.24. The Hall–Kier alpha value is -0.0500. The lowest BCUT2D eigenvalue weighted by molar-refractivity contribution is 0.165. The molecule has 0 saturated carbocycles. The summed E-state index contributed by atoms with van der Waals surface area (Å²) in [7, 11) is 0. The third-order valence-corrected chi connectivity index (χ3v) is 3.84. The summed E-state index contributed by atoms with van der Waals surface area (Å²) in [5.74, 6) is 0.866. The van der Waals surface area contributed by atoms with Crippen molar-refractivity contribution in [3.8, 4) is 0 Å². The molecule has 2 unspecified atom stereocenters. The van der Waals surface area contributed by atoms with Crippen LogP contribution in [0.1, 0.15) is 25.7 Å². The Balaban J connectivity index is 1.80. The van der Waals surface area contributed by atoms with E-state index in [9.17, 15) is 0 Å². The Bertz CT molecular complexity index is 212. The second kappa shape index (κ2) is 5.88. The Labute approximate surface area is 97.7 Å². The second-order valence-corrected chi connectivity index (χ2v) is 4.98. The van der Waals surface area contributed by atoms with Crippen molar-refractivity contribution in [2.45, 2.75) is 31.7 Å². The van der Waals surface area contributed by atoms with Crippen LogP contribution in [0.2, 0.25) is 0 Å². The molecular weight excluding hydrogens is 208 g/mol. The number of rotatable bonds is 3. The van der Waals surface area contributed by atoms with Crippen molar-refractivity contribution >= 4 is 11.6 Å². The summed E-state index contributed by atoms with van der Waals surface area (Å²) in [5, 5.41) is 3.63. The van der Waals surface area contributed by atoms with Crippen LogP contribution in [0, 0.1) is 5.92 Å². The molecule has 2 aliphatic rings. The van der Waals surface area contributed by atoms with Crippen molar-refractivity contribution in [1.82, 2.24) is 10.2 Å². The molecule has 15 heavy (non-hydrogen) atoms. The van der Waals surface area contributed by atoms with Crippen LogP contribution in [0.15, 0.2) is 11.6 Å². The van der Waals surface area contributed by atoms with E-state index in [4.69, 9.17) is 11.6 Å². The summed E-state index contributed by atoms with van der Waals surface area (Å²) in [6.45, 7) is 4.73. The maximum Gasteiger partial charge on any atom is 0.0174 e. The Morgan fingerprint density at radius 2 is 2.27 bits per heavy atom. The van der Waals surface area contributed by atoms with E-state index in [1.165, 1.54) is 45.3 Å². The first kappa shape index (κ1) is 11.4. The van der Waals surface area contributed by atoms with Gasteiger partial charge in [0.15, 0.2) is 0 Å². The number of piperidine rings is 1. The number of hydrogen-bond acceptors (Lipinski definition) is 2. The maximum absolute atomic E-state index is 5.56. The molecule has 0 radical (unpaired) electrons. The fourth-order valence-electron chi connectivity index (χ4n) is 2.89. The summed E-state index contributed by atoms with van der Waals surface area (Å²) < 4.78 is 0. The molecule has 0 spiro atoms. The third kappa shape index (κ3) is 3.20. The molecule has 2 fully saturated rings. The van der Waals surface area contributed by atoms with E-state index in [-0.39, 0.29) is 0 Å². The van der Waals surface area contributed by atoms with Crippen molar-refractivity contribution < 1.29 is 0 Å². The molecule has 2 aliphatic heterocycles. The predicted octanol–water partition coefficient (Wildman–Crippen LogP) is 2.20. The van der Waals surface area contributed by atoms with Crippen LogP contribution in [0.25, 0.3) is 0 Å². The lowest BCUT2D eigenvalue weighted by Gasteiger charge is -2.35. The molecule has 0 aliphatic carbocycles. The lowest BCUT2D eigenvalue weighted by Crippen LogP contribution is -2.43. The van der Waals surface area contributed by atoms with Gasteiger partial charge in [-0.05, 0) is 44.7 Å². The van der Waals surface area contributed by atoms with Crippen molar-refractivity contribution in [3.63, 3.8) is 0 Å². The van der Waals surface area contributed by atoms with Gasteiger partial charge in [-0.3, -0.25) is 4.90 Å². The van der Waals surface area contributed by atoms with Crippen molar-refractivity contribution in [3.05, 3.63) is 11.6 Å². The summed E-state index contributed by atoms with van der Waals surface area (Å²) in [5.41, 5.74) is 1.64. The van der Waals surface area contributed by atoms with Crippen LogP contribution in [0.5, 0.6) is 0 Å². The maximum atomic E-state index is 5.56. The van der Waals surface area contributed by atoms with Gasteiger partial charge in [0.05, 0.1) is 0 Å². The quantitative estimate of drug-likeness (QED) is 0.797. The summed E-state index contributed by atoms with van der Waals surface area (Å²) >= 11 is 5.56. The normalized spacial score (nSPS) is 33.9. The van der Waals surface area contributed by atoms with Crippen molar-refractivity contribution in [1.29, 1.82) is 0 Å². The van der Waals surface area contributed by atoms with E-state index in [2.05, 4.69) is 10.2 Å². The van der Waals surface area contributed by atoms with Crippen LogP contribution in [-0.2, 0) is 0 Å². The minimum absolute atomic E-state index is 0.785. The minimum atomic E-state index is 0.785. The summed E-state index contributed by atoms with van der Waals surface area (Å²) in [4.78, 5) is 2.52. The van der Waals surface area contributed by atoms with Crippen molar-refractivity contribution in [2.75, 3.05) is 26.2 Å². The average Bonchev–Trinajstić information content (AvgIpc) is 2.80. The van der Waals surface area contributed by atoms with Gasteiger partial charge in [-0.15, -0.1) is 0 Å². The molecule has 0 aromatic rings. The zero-order chi connectivity index (χ0) is 10.5. The first-order valence-electron chi connectivity index (χ1n) is 6.11. The molecule has 86 valence electrons. The topological polar surface area (TPSA) is 15.3 Å². The molecule has 2 nitrogen and oxygen atoms in total. The van der Waals surface area contributed by atoms with Gasteiger partial charge in [-0.1, -0.05) is 17.7 Å². The molecule has 2 heterocycles. The molecule has 0 amide bonds. The van der Waals surface area contributed by atoms with E-state index in [0.717, 1.165) is 18.5 Å². The summed E-state index contributed by atoms with van der Waals surface area (Å²) in [6.07, 6.45) is 7.54. The smallest absolute Gasteiger partial charge is 0.0174 e. The van der Waals surface area contributed by atoms with E-state index in [0.29, 0.717) is 0 Å². The van der Waals surface area contributed by atoms with Gasteiger partial charge in [0, 0.05) is 24.7 Å². The lowest BCUT2D eigenvalue weighted by atomic mass is 9.90. The van der Waals surface area contributed by atoms with E-state index >= 15 is 0 Å². The number of hydrogen-bond donors (Lipinski definition) is 1. The van der Waals surface area contributed by atoms with Gasteiger partial charge >= 0.3 is 0 Å². The highest BCUT2D eigenvalue weighted by Gasteiger charge is 2.28. The SMILES string of the molecule is Cl/C=C/CN1CCCC(C2CCCN2)C1. The predicted molar refractivity (Wildman–Crippen MR) is 65.2 cm³/mol. The molecule has 0 aromatic carbocycles. The number of nitrogens with one attached hydrogen (secondary N) is 1. The van der Waals surface area contributed by atoms with Gasteiger partial charge in [0.25, 0.3) is 0 Å². The molecule has 2 rings (SSSR count). The highest BCUT2D eigenvalue weighted by molar-refractivity contribution is 6.25. The Morgan fingerprint density at radius 1 is 1.33 bits per heavy atom. The van der Waals surface area contributed by atoms with Crippen molar-refractivity contribution in [2.24, 2.45) is 5.92 Å². The fourth-order valence-corrected chi connectivity index (χ4v) is 2.97. The zero-order valence-corrected chi connectivity index (χ0v) is 10.0. The van der Waals surface area contributed by atoms with Crippen LogP contribution < -0.4 is 5.32 Å². The number of likely N-dealkylation sites (tertiary alicyclic amines) is 1. The third-order valence-electron chi connectivity index (χ3n) is 3.66. The average molecular weight is 229 g/mol. The zero-order valence-electron chi connectivity index (χ0n) is 9.29. The standard InChI is InChI=1S/C12H21ClN2/c13-6-3-9-15-8-2-4-11(10-15)12-5-1-7-14-12/h3,6,11-12,14H,1-2,4-5,7-10H2/b6-3+. The number of nitrogens with zero attached hydrogens (tertiary/aromatic N) is 1. The van der Waals surface area contributed by atoms with Gasteiger partial charge in [0.1, 0.15) is 0 Å². The summed E-state index contributed by atoms with van der Waals surface area (Å²) in [6, 6.07) is 0.785. The first-order valence-corrected chi connectivity index (χ1v) is 6.55.